The van der Waals surface area contributed by atoms with Gasteiger partial charge in [-0.05, 0) is 31.0 Å². The SMILES string of the molecule is CC(C)C[C@H](NS(=O)(=O)N1CCN(C)CC1)c1cccnc1. The molecule has 0 aliphatic carbocycles. The average Bonchev–Trinajstić information content (AvgIpc) is 2.47. The van der Waals surface area contributed by atoms with E-state index in [1.807, 2.05) is 19.2 Å². The van der Waals surface area contributed by atoms with Gasteiger partial charge in [0.05, 0.1) is 0 Å². The average molecular weight is 326 g/mol. The van der Waals surface area contributed by atoms with Crippen molar-refractivity contribution in [2.75, 3.05) is 33.2 Å². The van der Waals surface area contributed by atoms with E-state index in [0.29, 0.717) is 19.0 Å². The van der Waals surface area contributed by atoms with Gasteiger partial charge in [-0.1, -0.05) is 19.9 Å². The molecular weight excluding hydrogens is 300 g/mol. The molecule has 1 aromatic rings. The summed E-state index contributed by atoms with van der Waals surface area (Å²) < 4.78 is 29.7. The van der Waals surface area contributed by atoms with Gasteiger partial charge in [0, 0.05) is 44.6 Å². The molecule has 2 rings (SSSR count). The second kappa shape index (κ2) is 7.50. The van der Waals surface area contributed by atoms with Crippen molar-refractivity contribution in [1.82, 2.24) is 18.9 Å². The van der Waals surface area contributed by atoms with Gasteiger partial charge in [0.15, 0.2) is 0 Å². The van der Waals surface area contributed by atoms with Crippen LogP contribution in [0.15, 0.2) is 24.5 Å². The fourth-order valence-corrected chi connectivity index (χ4v) is 3.97. The first-order chi connectivity index (χ1) is 10.4. The molecule has 1 saturated heterocycles. The van der Waals surface area contributed by atoms with Gasteiger partial charge in [0.25, 0.3) is 10.2 Å². The minimum Gasteiger partial charge on any atom is -0.304 e. The van der Waals surface area contributed by atoms with Gasteiger partial charge in [-0.3, -0.25) is 4.98 Å². The Hall–Kier alpha value is -1.02. The van der Waals surface area contributed by atoms with Crippen LogP contribution in [0.25, 0.3) is 0 Å². The summed E-state index contributed by atoms with van der Waals surface area (Å²) in [5.74, 6) is 0.389. The van der Waals surface area contributed by atoms with E-state index in [2.05, 4.69) is 28.5 Å². The van der Waals surface area contributed by atoms with Crippen LogP contribution in [-0.4, -0.2) is 55.8 Å². The van der Waals surface area contributed by atoms with Crippen LogP contribution in [0.5, 0.6) is 0 Å². The summed E-state index contributed by atoms with van der Waals surface area (Å²) in [5.41, 5.74) is 0.911. The molecule has 0 saturated carbocycles. The van der Waals surface area contributed by atoms with Gasteiger partial charge < -0.3 is 4.90 Å². The zero-order valence-corrected chi connectivity index (χ0v) is 14.4. The summed E-state index contributed by atoms with van der Waals surface area (Å²) in [6.45, 7) is 6.78. The standard InChI is InChI=1S/C15H26N4O2S/c1-13(2)11-15(14-5-4-6-16-12-14)17-22(20,21)19-9-7-18(3)8-10-19/h4-6,12-13,15,17H,7-11H2,1-3H3/t15-/m0/s1. The summed E-state index contributed by atoms with van der Waals surface area (Å²) in [7, 11) is -1.46. The maximum atomic E-state index is 12.6. The van der Waals surface area contributed by atoms with E-state index in [-0.39, 0.29) is 6.04 Å². The zero-order valence-electron chi connectivity index (χ0n) is 13.6. The lowest BCUT2D eigenvalue weighted by atomic mass is 9.99. The van der Waals surface area contributed by atoms with Gasteiger partial charge in [-0.15, -0.1) is 0 Å². The number of hydrogen-bond acceptors (Lipinski definition) is 4. The monoisotopic (exact) mass is 326 g/mol. The summed E-state index contributed by atoms with van der Waals surface area (Å²) in [4.78, 5) is 6.25. The predicted octanol–water partition coefficient (Wildman–Crippen LogP) is 1.25. The van der Waals surface area contributed by atoms with Crippen LogP contribution < -0.4 is 4.72 Å². The third kappa shape index (κ3) is 4.74. The van der Waals surface area contributed by atoms with E-state index in [9.17, 15) is 8.42 Å². The number of hydrogen-bond donors (Lipinski definition) is 1. The van der Waals surface area contributed by atoms with Crippen LogP contribution in [0.4, 0.5) is 0 Å². The van der Waals surface area contributed by atoms with E-state index >= 15 is 0 Å². The highest BCUT2D eigenvalue weighted by atomic mass is 32.2. The highest BCUT2D eigenvalue weighted by molar-refractivity contribution is 7.87. The van der Waals surface area contributed by atoms with E-state index in [4.69, 9.17) is 0 Å². The van der Waals surface area contributed by atoms with Gasteiger partial charge in [-0.25, -0.2) is 0 Å². The molecule has 1 aliphatic rings. The second-order valence-electron chi connectivity index (χ2n) is 6.29. The Morgan fingerprint density at radius 2 is 1.95 bits per heavy atom. The minimum absolute atomic E-state index is 0.238. The van der Waals surface area contributed by atoms with Crippen LogP contribution in [-0.2, 0) is 10.2 Å². The largest absolute Gasteiger partial charge is 0.304 e. The van der Waals surface area contributed by atoms with Crippen molar-refractivity contribution in [3.05, 3.63) is 30.1 Å². The molecule has 22 heavy (non-hydrogen) atoms. The molecule has 0 unspecified atom stereocenters. The van der Waals surface area contributed by atoms with Crippen LogP contribution in [0.3, 0.4) is 0 Å². The topological polar surface area (TPSA) is 65.5 Å². The Balaban J connectivity index is 2.12. The van der Waals surface area contributed by atoms with Crippen molar-refractivity contribution in [2.24, 2.45) is 5.92 Å². The molecule has 0 bridgehead atoms. The first-order valence-corrected chi connectivity index (χ1v) is 9.18. The molecule has 2 heterocycles. The Labute approximate surface area is 133 Å². The number of piperazine rings is 1. The molecule has 1 N–H and O–H groups in total. The maximum absolute atomic E-state index is 12.6. The van der Waals surface area contributed by atoms with Crippen LogP contribution >= 0.6 is 0 Å². The van der Waals surface area contributed by atoms with Crippen molar-refractivity contribution in [3.8, 4) is 0 Å². The fourth-order valence-electron chi connectivity index (χ4n) is 2.59. The van der Waals surface area contributed by atoms with Crippen molar-refractivity contribution >= 4 is 10.2 Å². The lowest BCUT2D eigenvalue weighted by Crippen LogP contribution is -2.51. The molecule has 0 amide bonds. The number of pyridine rings is 1. The molecule has 124 valence electrons. The molecule has 1 fully saturated rings. The first kappa shape index (κ1) is 17.3. The molecule has 7 heteroatoms. The second-order valence-corrected chi connectivity index (χ2v) is 8.00. The molecular formula is C15H26N4O2S. The molecule has 6 nitrogen and oxygen atoms in total. The van der Waals surface area contributed by atoms with Crippen LogP contribution in [0.1, 0.15) is 31.9 Å². The predicted molar refractivity (Wildman–Crippen MR) is 87.6 cm³/mol. The van der Waals surface area contributed by atoms with Gasteiger partial charge in [-0.2, -0.15) is 17.4 Å². The van der Waals surface area contributed by atoms with Gasteiger partial charge in [0.2, 0.25) is 0 Å². The van der Waals surface area contributed by atoms with Gasteiger partial charge >= 0.3 is 0 Å². The quantitative estimate of drug-likeness (QED) is 0.854. The van der Waals surface area contributed by atoms with Crippen molar-refractivity contribution < 1.29 is 8.42 Å². The van der Waals surface area contributed by atoms with E-state index in [1.54, 1.807) is 12.4 Å². The summed E-state index contributed by atoms with van der Waals surface area (Å²) in [6, 6.07) is 3.53. The van der Waals surface area contributed by atoms with Crippen LogP contribution in [0.2, 0.25) is 0 Å². The van der Waals surface area contributed by atoms with Crippen molar-refractivity contribution in [3.63, 3.8) is 0 Å². The van der Waals surface area contributed by atoms with E-state index < -0.39 is 10.2 Å². The summed E-state index contributed by atoms with van der Waals surface area (Å²) in [5, 5.41) is 0. The van der Waals surface area contributed by atoms with Crippen LogP contribution in [0, 0.1) is 5.92 Å². The summed E-state index contributed by atoms with van der Waals surface area (Å²) in [6.07, 6.45) is 4.18. The molecule has 0 spiro atoms. The molecule has 0 radical (unpaired) electrons. The highest BCUT2D eigenvalue weighted by Gasteiger charge is 2.28. The highest BCUT2D eigenvalue weighted by Crippen LogP contribution is 2.22. The number of nitrogens with one attached hydrogen (secondary N) is 1. The minimum atomic E-state index is -3.47. The number of likely N-dealkylation sites (N-methyl/N-ethyl adjacent to an activating group) is 1. The Bertz CT molecular complexity index is 554. The third-order valence-corrected chi connectivity index (χ3v) is 5.51. The normalized spacial score (nSPS) is 19.5. The van der Waals surface area contributed by atoms with Gasteiger partial charge in [0.1, 0.15) is 0 Å². The molecule has 1 atom stereocenters. The third-order valence-electron chi connectivity index (χ3n) is 3.89. The first-order valence-electron chi connectivity index (χ1n) is 7.74. The van der Waals surface area contributed by atoms with Crippen molar-refractivity contribution in [2.45, 2.75) is 26.3 Å². The lowest BCUT2D eigenvalue weighted by molar-refractivity contribution is 0.219. The fraction of sp³-hybridized carbons (Fsp3) is 0.667. The van der Waals surface area contributed by atoms with Crippen molar-refractivity contribution in [1.29, 1.82) is 0 Å². The lowest BCUT2D eigenvalue weighted by Gasteiger charge is -2.33. The molecule has 1 aliphatic heterocycles. The number of nitrogens with zero attached hydrogens (tertiary/aromatic N) is 3. The van der Waals surface area contributed by atoms with E-state index in [0.717, 1.165) is 25.1 Å². The Morgan fingerprint density at radius 3 is 2.50 bits per heavy atom. The smallest absolute Gasteiger partial charge is 0.280 e. The number of aromatic nitrogens is 1. The Morgan fingerprint density at radius 1 is 1.27 bits per heavy atom. The van der Waals surface area contributed by atoms with E-state index in [1.165, 1.54) is 4.31 Å². The Kier molecular flexibility index (Phi) is 5.91. The molecule has 0 aromatic carbocycles. The summed E-state index contributed by atoms with van der Waals surface area (Å²) >= 11 is 0. The molecule has 1 aromatic heterocycles. The number of rotatable bonds is 6. The maximum Gasteiger partial charge on any atom is 0.280 e. The zero-order chi connectivity index (χ0) is 16.2.